The van der Waals surface area contributed by atoms with Crippen LogP contribution in [-0.2, 0) is 4.79 Å². The van der Waals surface area contributed by atoms with Crippen LogP contribution in [0.1, 0.15) is 33.6 Å². The van der Waals surface area contributed by atoms with Gasteiger partial charge in [-0.3, -0.25) is 9.79 Å². The number of carbonyl (C=O) groups excluding carboxylic acids is 1. The van der Waals surface area contributed by atoms with Gasteiger partial charge in [-0.1, -0.05) is 13.8 Å². The maximum atomic E-state index is 12.1. The standard InChI is InChI=1S/C17H32N4OS.HI/c1-4-18-17(19-13-15-5-11-23-12-6-15)21-9-7-20(8-10-21)16(22)14(2)3;/h14-15H,4-13H2,1-3H3,(H,18,19);1H. The first kappa shape index (κ1) is 21.9. The Morgan fingerprint density at radius 2 is 1.75 bits per heavy atom. The molecular weight excluding hydrogens is 435 g/mol. The van der Waals surface area contributed by atoms with E-state index in [9.17, 15) is 4.79 Å². The quantitative estimate of drug-likeness (QED) is 0.392. The van der Waals surface area contributed by atoms with Gasteiger partial charge < -0.3 is 15.1 Å². The summed E-state index contributed by atoms with van der Waals surface area (Å²) in [6.45, 7) is 11.3. The average Bonchev–Trinajstić information content (AvgIpc) is 2.59. The summed E-state index contributed by atoms with van der Waals surface area (Å²) < 4.78 is 0. The molecule has 0 saturated carbocycles. The van der Waals surface area contributed by atoms with Crippen molar-refractivity contribution in [1.29, 1.82) is 0 Å². The summed E-state index contributed by atoms with van der Waals surface area (Å²) in [5, 5.41) is 3.43. The second kappa shape index (κ2) is 11.4. The average molecular weight is 468 g/mol. The molecule has 2 aliphatic rings. The molecule has 2 saturated heterocycles. The van der Waals surface area contributed by atoms with Crippen molar-refractivity contribution >= 4 is 47.6 Å². The first-order chi connectivity index (χ1) is 11.1. The Kier molecular flexibility index (Phi) is 10.4. The molecule has 1 amide bonds. The van der Waals surface area contributed by atoms with E-state index in [-0.39, 0.29) is 35.8 Å². The number of amides is 1. The number of guanidine groups is 1. The van der Waals surface area contributed by atoms with Gasteiger partial charge >= 0.3 is 0 Å². The van der Waals surface area contributed by atoms with Gasteiger partial charge in [0, 0.05) is 45.2 Å². The Morgan fingerprint density at radius 1 is 1.17 bits per heavy atom. The van der Waals surface area contributed by atoms with E-state index in [4.69, 9.17) is 4.99 Å². The van der Waals surface area contributed by atoms with Crippen molar-refractivity contribution in [3.8, 4) is 0 Å². The minimum Gasteiger partial charge on any atom is -0.357 e. The topological polar surface area (TPSA) is 47.9 Å². The maximum Gasteiger partial charge on any atom is 0.225 e. The molecule has 5 nitrogen and oxygen atoms in total. The first-order valence-electron chi connectivity index (χ1n) is 9.01. The van der Waals surface area contributed by atoms with Crippen LogP contribution in [0.2, 0.25) is 0 Å². The lowest BCUT2D eigenvalue weighted by molar-refractivity contribution is -0.135. The zero-order valence-corrected chi connectivity index (χ0v) is 18.4. The minimum atomic E-state index is 0. The Morgan fingerprint density at radius 3 is 2.29 bits per heavy atom. The highest BCUT2D eigenvalue weighted by atomic mass is 127. The summed E-state index contributed by atoms with van der Waals surface area (Å²) in [6, 6.07) is 0. The highest BCUT2D eigenvalue weighted by molar-refractivity contribution is 14.0. The van der Waals surface area contributed by atoms with Gasteiger partial charge in [-0.05, 0) is 37.2 Å². The number of halogens is 1. The van der Waals surface area contributed by atoms with Crippen LogP contribution in [0.15, 0.2) is 4.99 Å². The minimum absolute atomic E-state index is 0. The monoisotopic (exact) mass is 468 g/mol. The van der Waals surface area contributed by atoms with Crippen LogP contribution >= 0.6 is 35.7 Å². The van der Waals surface area contributed by atoms with Crippen molar-refractivity contribution in [2.75, 3.05) is 50.8 Å². The van der Waals surface area contributed by atoms with Gasteiger partial charge in [0.05, 0.1) is 0 Å². The molecule has 24 heavy (non-hydrogen) atoms. The molecule has 0 aromatic heterocycles. The first-order valence-corrected chi connectivity index (χ1v) is 10.2. The van der Waals surface area contributed by atoms with E-state index in [0.717, 1.165) is 51.1 Å². The van der Waals surface area contributed by atoms with Gasteiger partial charge in [-0.15, -0.1) is 24.0 Å². The molecule has 2 aliphatic heterocycles. The zero-order chi connectivity index (χ0) is 16.7. The van der Waals surface area contributed by atoms with Gasteiger partial charge in [-0.2, -0.15) is 11.8 Å². The van der Waals surface area contributed by atoms with Crippen LogP contribution < -0.4 is 5.32 Å². The number of hydrogen-bond donors (Lipinski definition) is 1. The molecule has 1 N–H and O–H groups in total. The fourth-order valence-corrected chi connectivity index (χ4v) is 4.28. The van der Waals surface area contributed by atoms with E-state index < -0.39 is 0 Å². The van der Waals surface area contributed by atoms with E-state index in [1.807, 2.05) is 18.7 Å². The smallest absolute Gasteiger partial charge is 0.225 e. The normalized spacial score (nSPS) is 20.1. The fourth-order valence-electron chi connectivity index (χ4n) is 3.07. The second-order valence-corrected chi connectivity index (χ2v) is 7.94. The third kappa shape index (κ3) is 6.61. The molecule has 0 radical (unpaired) electrons. The van der Waals surface area contributed by atoms with Gasteiger partial charge in [0.15, 0.2) is 5.96 Å². The Hall–Kier alpha value is -0.180. The third-order valence-electron chi connectivity index (χ3n) is 4.56. The Labute approximate surface area is 168 Å². The number of nitrogens with zero attached hydrogens (tertiary/aromatic N) is 3. The molecule has 2 fully saturated rings. The van der Waals surface area contributed by atoms with Crippen LogP contribution in [0, 0.1) is 11.8 Å². The molecule has 140 valence electrons. The van der Waals surface area contributed by atoms with Crippen molar-refractivity contribution in [2.45, 2.75) is 33.6 Å². The van der Waals surface area contributed by atoms with Crippen LogP contribution in [0.3, 0.4) is 0 Å². The molecule has 2 rings (SSSR count). The number of thioether (sulfide) groups is 1. The summed E-state index contributed by atoms with van der Waals surface area (Å²) in [4.78, 5) is 21.3. The molecule has 0 bridgehead atoms. The largest absolute Gasteiger partial charge is 0.357 e. The SMILES string of the molecule is CCNC(=NCC1CCSCC1)N1CCN(C(=O)C(C)C)CC1.I. The summed E-state index contributed by atoms with van der Waals surface area (Å²) in [5.74, 6) is 4.70. The number of rotatable bonds is 4. The van der Waals surface area contributed by atoms with E-state index in [1.54, 1.807) is 0 Å². The second-order valence-electron chi connectivity index (χ2n) is 6.72. The lowest BCUT2D eigenvalue weighted by Crippen LogP contribution is -2.54. The van der Waals surface area contributed by atoms with Gasteiger partial charge in [0.2, 0.25) is 5.91 Å². The molecular formula is C17H33IN4OS. The van der Waals surface area contributed by atoms with E-state index in [0.29, 0.717) is 0 Å². The van der Waals surface area contributed by atoms with Crippen molar-refractivity contribution in [1.82, 2.24) is 15.1 Å². The van der Waals surface area contributed by atoms with E-state index >= 15 is 0 Å². The number of aliphatic imine (C=N–C) groups is 1. The number of nitrogens with one attached hydrogen (secondary N) is 1. The van der Waals surface area contributed by atoms with Gasteiger partial charge in [0.25, 0.3) is 0 Å². The van der Waals surface area contributed by atoms with Crippen LogP contribution in [-0.4, -0.2) is 72.4 Å². The van der Waals surface area contributed by atoms with Crippen LogP contribution in [0.25, 0.3) is 0 Å². The van der Waals surface area contributed by atoms with Crippen LogP contribution in [0.4, 0.5) is 0 Å². The Balaban J connectivity index is 0.00000288. The Bertz CT molecular complexity index is 405. The number of hydrogen-bond acceptors (Lipinski definition) is 3. The predicted molar refractivity (Wildman–Crippen MR) is 114 cm³/mol. The van der Waals surface area contributed by atoms with Crippen molar-refractivity contribution in [3.63, 3.8) is 0 Å². The highest BCUT2D eigenvalue weighted by Gasteiger charge is 2.24. The number of carbonyl (C=O) groups is 1. The van der Waals surface area contributed by atoms with Crippen LogP contribution in [0.5, 0.6) is 0 Å². The van der Waals surface area contributed by atoms with Crippen molar-refractivity contribution in [2.24, 2.45) is 16.8 Å². The van der Waals surface area contributed by atoms with Gasteiger partial charge in [-0.25, -0.2) is 0 Å². The van der Waals surface area contributed by atoms with Crippen molar-refractivity contribution < 1.29 is 4.79 Å². The molecule has 0 aliphatic carbocycles. The molecule has 0 unspecified atom stereocenters. The summed E-state index contributed by atoms with van der Waals surface area (Å²) in [7, 11) is 0. The molecule has 7 heteroatoms. The number of piperazine rings is 1. The molecule has 0 aromatic carbocycles. The van der Waals surface area contributed by atoms with Gasteiger partial charge in [0.1, 0.15) is 0 Å². The van der Waals surface area contributed by atoms with E-state index in [2.05, 4.69) is 28.9 Å². The summed E-state index contributed by atoms with van der Waals surface area (Å²) >= 11 is 2.06. The maximum absolute atomic E-state index is 12.1. The summed E-state index contributed by atoms with van der Waals surface area (Å²) in [6.07, 6.45) is 2.59. The fraction of sp³-hybridized carbons (Fsp3) is 0.882. The zero-order valence-electron chi connectivity index (χ0n) is 15.3. The lowest BCUT2D eigenvalue weighted by atomic mass is 10.0. The molecule has 0 spiro atoms. The van der Waals surface area contributed by atoms with Crippen molar-refractivity contribution in [3.05, 3.63) is 0 Å². The third-order valence-corrected chi connectivity index (χ3v) is 5.61. The predicted octanol–water partition coefficient (Wildman–Crippen LogP) is 2.51. The molecule has 2 heterocycles. The van der Waals surface area contributed by atoms with E-state index in [1.165, 1.54) is 24.3 Å². The lowest BCUT2D eigenvalue weighted by Gasteiger charge is -2.37. The molecule has 0 aromatic rings. The highest BCUT2D eigenvalue weighted by Crippen LogP contribution is 2.22. The summed E-state index contributed by atoms with van der Waals surface area (Å²) in [5.41, 5.74) is 0. The molecule has 0 atom stereocenters.